The standard InChI is InChI=1S/C43H54N8O4/c1-26-29(9-6-11-31(26)45-39(52)34-23-37-33(13-8-20-51(37)48-34)47-42(3,4)41(54)55)30-10-7-12-32(27(30)2)46-40(53)38-44-35-25-50(21-16-36(35)49(38)5)22-19-43-17-14-28(24-43)15-18-43/h6-7,9-12,23,28,33,47H,8,13-22,24-25H2,1-5H3,(H,45,52)(H,46,53)(H,54,55). The first-order valence-corrected chi connectivity index (χ1v) is 20.0. The van der Waals surface area contributed by atoms with Crippen LogP contribution in [0.4, 0.5) is 11.4 Å². The average Bonchev–Trinajstić information content (AvgIpc) is 3.96. The van der Waals surface area contributed by atoms with Gasteiger partial charge in [0.2, 0.25) is 0 Å². The van der Waals surface area contributed by atoms with E-state index in [1.165, 1.54) is 38.5 Å². The molecule has 2 aromatic heterocycles. The van der Waals surface area contributed by atoms with E-state index in [0.717, 1.165) is 84.2 Å². The number of rotatable bonds is 11. The summed E-state index contributed by atoms with van der Waals surface area (Å²) in [4.78, 5) is 46.6. The number of carbonyl (C=O) groups is 3. The highest BCUT2D eigenvalue weighted by molar-refractivity contribution is 6.05. The molecule has 0 radical (unpaired) electrons. The van der Waals surface area contributed by atoms with Crippen molar-refractivity contribution in [1.29, 1.82) is 0 Å². The SMILES string of the molecule is Cc1c(NC(=O)c2cc3n(n2)CCCC3NC(C)(C)C(=O)O)cccc1-c1cccc(NC(=O)c2nc3c(n2C)CCN(CCC24CCC(CC2)C4)C3)c1C. The molecule has 4 heterocycles. The first kappa shape index (κ1) is 37.1. The van der Waals surface area contributed by atoms with Crippen molar-refractivity contribution < 1.29 is 19.5 Å². The first-order chi connectivity index (χ1) is 26.3. The number of aryl methyl sites for hydroxylation is 1. The zero-order chi connectivity index (χ0) is 38.6. The first-order valence-electron chi connectivity index (χ1n) is 20.0. The van der Waals surface area contributed by atoms with Gasteiger partial charge in [0.05, 0.1) is 17.4 Å². The fourth-order valence-electron chi connectivity index (χ4n) is 9.76. The second-order valence-electron chi connectivity index (χ2n) is 17.1. The number of nitrogens with zero attached hydrogens (tertiary/aromatic N) is 5. The summed E-state index contributed by atoms with van der Waals surface area (Å²) in [5.41, 5.74) is 7.76. The molecule has 290 valence electrons. The van der Waals surface area contributed by atoms with Crippen LogP contribution in [0, 0.1) is 25.2 Å². The van der Waals surface area contributed by atoms with Gasteiger partial charge in [-0.15, -0.1) is 0 Å². The molecule has 1 atom stereocenters. The van der Waals surface area contributed by atoms with Crippen molar-refractivity contribution in [3.8, 4) is 11.1 Å². The molecule has 4 aliphatic rings. The van der Waals surface area contributed by atoms with Crippen LogP contribution in [0.5, 0.6) is 0 Å². The van der Waals surface area contributed by atoms with Gasteiger partial charge in [-0.25, -0.2) is 4.98 Å². The van der Waals surface area contributed by atoms with Crippen molar-refractivity contribution in [2.24, 2.45) is 18.4 Å². The van der Waals surface area contributed by atoms with Crippen molar-refractivity contribution in [2.45, 2.75) is 110 Å². The molecule has 12 heteroatoms. The Morgan fingerprint density at radius 1 is 0.945 bits per heavy atom. The van der Waals surface area contributed by atoms with Gasteiger partial charge in [0.15, 0.2) is 11.5 Å². The Kier molecular flexibility index (Phi) is 9.69. The van der Waals surface area contributed by atoms with Crippen molar-refractivity contribution in [2.75, 3.05) is 23.7 Å². The van der Waals surface area contributed by atoms with E-state index in [4.69, 9.17) is 4.98 Å². The molecule has 2 aliphatic carbocycles. The fourth-order valence-corrected chi connectivity index (χ4v) is 9.76. The van der Waals surface area contributed by atoms with Crippen molar-refractivity contribution >= 4 is 29.2 Å². The Hall–Kier alpha value is -4.81. The Morgan fingerprint density at radius 3 is 2.25 bits per heavy atom. The van der Waals surface area contributed by atoms with Gasteiger partial charge in [0, 0.05) is 50.2 Å². The average molecular weight is 747 g/mol. The zero-order valence-corrected chi connectivity index (χ0v) is 32.8. The number of carboxylic acids is 1. The molecule has 0 spiro atoms. The van der Waals surface area contributed by atoms with Gasteiger partial charge in [-0.1, -0.05) is 24.3 Å². The highest BCUT2D eigenvalue weighted by atomic mass is 16.4. The van der Waals surface area contributed by atoms with Gasteiger partial charge in [0.1, 0.15) is 5.54 Å². The molecule has 4 N–H and O–H groups in total. The number of amides is 2. The number of hydrogen-bond acceptors (Lipinski definition) is 7. The maximum absolute atomic E-state index is 13.8. The summed E-state index contributed by atoms with van der Waals surface area (Å²) < 4.78 is 3.77. The van der Waals surface area contributed by atoms with Gasteiger partial charge in [-0.05, 0) is 137 Å². The van der Waals surface area contributed by atoms with E-state index in [9.17, 15) is 19.5 Å². The number of aliphatic carboxylic acids is 1. The predicted octanol–water partition coefficient (Wildman–Crippen LogP) is 7.02. The normalized spacial score (nSPS) is 22.0. The molecule has 0 saturated heterocycles. The molecule has 2 aliphatic heterocycles. The second kappa shape index (κ2) is 14.4. The number of imidazole rings is 1. The molecule has 12 nitrogen and oxygen atoms in total. The van der Waals surface area contributed by atoms with E-state index in [-0.39, 0.29) is 23.6 Å². The van der Waals surface area contributed by atoms with Crippen LogP contribution in [-0.4, -0.2) is 65.8 Å². The van der Waals surface area contributed by atoms with E-state index in [0.29, 0.717) is 29.2 Å². The second-order valence-corrected chi connectivity index (χ2v) is 17.1. The molecule has 8 rings (SSSR count). The molecule has 1 unspecified atom stereocenters. The maximum Gasteiger partial charge on any atom is 0.323 e. The van der Waals surface area contributed by atoms with E-state index in [2.05, 4.69) is 25.9 Å². The smallest absolute Gasteiger partial charge is 0.323 e. The Labute approximate surface area is 323 Å². The Balaban J connectivity index is 0.950. The number of aromatic nitrogens is 4. The fraction of sp³-hybridized carbons (Fsp3) is 0.512. The van der Waals surface area contributed by atoms with Gasteiger partial charge < -0.3 is 20.3 Å². The highest BCUT2D eigenvalue weighted by Crippen LogP contribution is 2.56. The number of benzene rings is 2. The lowest BCUT2D eigenvalue weighted by atomic mass is 9.81. The minimum absolute atomic E-state index is 0.227. The van der Waals surface area contributed by atoms with Crippen LogP contribution in [0.2, 0.25) is 0 Å². The van der Waals surface area contributed by atoms with Crippen LogP contribution < -0.4 is 16.0 Å². The number of carboxylic acid groups (broad SMARTS) is 1. The lowest BCUT2D eigenvalue weighted by Gasteiger charge is -2.32. The van der Waals surface area contributed by atoms with Crippen molar-refractivity contribution in [3.05, 3.63) is 82.2 Å². The number of carbonyl (C=O) groups excluding carboxylic acids is 2. The minimum atomic E-state index is -1.12. The molecule has 2 bridgehead atoms. The molecule has 55 heavy (non-hydrogen) atoms. The largest absolute Gasteiger partial charge is 0.480 e. The third-order valence-corrected chi connectivity index (χ3v) is 13.2. The van der Waals surface area contributed by atoms with E-state index < -0.39 is 11.5 Å². The summed E-state index contributed by atoms with van der Waals surface area (Å²) in [7, 11) is 1.95. The summed E-state index contributed by atoms with van der Waals surface area (Å²) >= 11 is 0. The van der Waals surface area contributed by atoms with Crippen LogP contribution in [0.15, 0.2) is 42.5 Å². The van der Waals surface area contributed by atoms with Crippen molar-refractivity contribution in [1.82, 2.24) is 29.5 Å². The summed E-state index contributed by atoms with van der Waals surface area (Å²) in [6, 6.07) is 13.2. The van der Waals surface area contributed by atoms with Crippen LogP contribution in [-0.2, 0) is 31.4 Å². The lowest BCUT2D eigenvalue weighted by molar-refractivity contribution is -0.143. The molecule has 2 saturated carbocycles. The third-order valence-electron chi connectivity index (χ3n) is 13.2. The number of nitrogens with one attached hydrogen (secondary N) is 3. The van der Waals surface area contributed by atoms with Crippen LogP contribution in [0.3, 0.4) is 0 Å². The number of anilines is 2. The molecular weight excluding hydrogens is 693 g/mol. The Bertz CT molecular complexity index is 2160. The molecule has 2 fully saturated rings. The maximum atomic E-state index is 13.8. The third kappa shape index (κ3) is 7.10. The monoisotopic (exact) mass is 746 g/mol. The van der Waals surface area contributed by atoms with E-state index in [1.807, 2.05) is 61.9 Å². The van der Waals surface area contributed by atoms with Crippen LogP contribution >= 0.6 is 0 Å². The van der Waals surface area contributed by atoms with Gasteiger partial charge >= 0.3 is 5.97 Å². The summed E-state index contributed by atoms with van der Waals surface area (Å²) in [6.45, 7) is 10.8. The molecular formula is C43H54N8O4. The zero-order valence-electron chi connectivity index (χ0n) is 32.8. The van der Waals surface area contributed by atoms with E-state index in [1.54, 1.807) is 24.6 Å². The number of fused-ring (bicyclic) bond motifs is 4. The molecule has 4 aromatic rings. The van der Waals surface area contributed by atoms with Crippen LogP contribution in [0.25, 0.3) is 11.1 Å². The van der Waals surface area contributed by atoms with Gasteiger partial charge in [0.25, 0.3) is 11.8 Å². The Morgan fingerprint density at radius 2 is 1.62 bits per heavy atom. The summed E-state index contributed by atoms with van der Waals surface area (Å²) in [5.74, 6) is -0.1000. The van der Waals surface area contributed by atoms with Crippen molar-refractivity contribution in [3.63, 3.8) is 0 Å². The number of hydrogen-bond donors (Lipinski definition) is 4. The quantitative estimate of drug-likeness (QED) is 0.128. The predicted molar refractivity (Wildman–Crippen MR) is 212 cm³/mol. The van der Waals surface area contributed by atoms with Crippen LogP contribution in [0.1, 0.15) is 121 Å². The topological polar surface area (TPSA) is 146 Å². The summed E-state index contributed by atoms with van der Waals surface area (Å²) in [6.07, 6.45) is 10.8. The van der Waals surface area contributed by atoms with Gasteiger partial charge in [-0.2, -0.15) is 5.10 Å². The highest BCUT2D eigenvalue weighted by Gasteiger charge is 2.44. The molecule has 2 aromatic carbocycles. The minimum Gasteiger partial charge on any atom is -0.480 e. The summed E-state index contributed by atoms with van der Waals surface area (Å²) in [5, 5.41) is 23.7. The lowest BCUT2D eigenvalue weighted by Crippen LogP contribution is -2.49. The van der Waals surface area contributed by atoms with E-state index >= 15 is 0 Å². The van der Waals surface area contributed by atoms with Gasteiger partial charge in [-0.3, -0.25) is 29.3 Å². The molecule has 2 amide bonds.